The molecule has 37 heavy (non-hydrogen) atoms. The number of aromatic amines is 2. The van der Waals surface area contributed by atoms with Crippen molar-refractivity contribution in [3.63, 3.8) is 0 Å². The Morgan fingerprint density at radius 2 is 1.68 bits per heavy atom. The topological polar surface area (TPSA) is 101 Å². The Labute approximate surface area is 214 Å². The van der Waals surface area contributed by atoms with Crippen LogP contribution in [0.5, 0.6) is 0 Å². The summed E-state index contributed by atoms with van der Waals surface area (Å²) in [4.78, 5) is 42.6. The van der Waals surface area contributed by atoms with Crippen molar-refractivity contribution in [2.24, 2.45) is 0 Å². The van der Waals surface area contributed by atoms with E-state index in [1.54, 1.807) is 0 Å². The van der Waals surface area contributed by atoms with Crippen LogP contribution in [0.25, 0.3) is 33.3 Å². The van der Waals surface area contributed by atoms with Gasteiger partial charge < -0.3 is 14.7 Å². The fourth-order valence-electron chi connectivity index (χ4n) is 5.73. The minimum absolute atomic E-state index is 0.123. The molecule has 7 heteroatoms. The Balaban J connectivity index is 1.82. The molecule has 0 aliphatic carbocycles. The van der Waals surface area contributed by atoms with Crippen LogP contribution in [0.1, 0.15) is 100 Å². The SMILES string of the molecule is C=CC1=C(C)c2cc3[nH]c(c4c5[nH]c(cc6nc(cc1n2)C(C)=C6CC)c(C)c5C(=O)OC4=O)CC3C. The van der Waals surface area contributed by atoms with Crippen LogP contribution in [-0.2, 0) is 11.2 Å². The number of hydrogen-bond acceptors (Lipinski definition) is 5. The number of fused-ring (bicyclic) bond motifs is 8. The molecule has 0 saturated heterocycles. The molecule has 7 nitrogen and oxygen atoms in total. The molecule has 0 amide bonds. The number of aromatic nitrogens is 4. The standard InChI is InChI=1S/C30H28N4O3/c1-7-17-14(4)20-10-19-13(3)9-25(31-19)27-28-26(29(35)37-30(27)36)16(6)22(34-28)12-24-18(8-2)15(5)21(33-24)11-23(17)32-20/h7,10-13,31,34H,1,8-9H2,2-6H3. The lowest BCUT2D eigenvalue weighted by atomic mass is 9.99. The van der Waals surface area contributed by atoms with Gasteiger partial charge in [-0.15, -0.1) is 0 Å². The molecule has 0 fully saturated rings. The van der Waals surface area contributed by atoms with E-state index in [-0.39, 0.29) is 5.92 Å². The minimum Gasteiger partial charge on any atom is -0.386 e. The predicted molar refractivity (Wildman–Crippen MR) is 144 cm³/mol. The van der Waals surface area contributed by atoms with Gasteiger partial charge in [-0.2, -0.15) is 0 Å². The van der Waals surface area contributed by atoms with Crippen LogP contribution >= 0.6 is 0 Å². The molecule has 2 aromatic heterocycles. The van der Waals surface area contributed by atoms with E-state index in [4.69, 9.17) is 14.7 Å². The molecule has 1 unspecified atom stereocenters. The molecule has 0 aromatic carbocycles. The van der Waals surface area contributed by atoms with Crippen LogP contribution in [0.15, 0.2) is 30.9 Å². The monoisotopic (exact) mass is 492 g/mol. The molecule has 2 N–H and O–H groups in total. The normalized spacial score (nSPS) is 17.8. The lowest BCUT2D eigenvalue weighted by Crippen LogP contribution is -2.20. The fraction of sp³-hybridized carbons (Fsp3) is 0.267. The van der Waals surface area contributed by atoms with Crippen LogP contribution in [0, 0.1) is 6.92 Å². The zero-order valence-corrected chi connectivity index (χ0v) is 21.6. The summed E-state index contributed by atoms with van der Waals surface area (Å²) >= 11 is 0. The van der Waals surface area contributed by atoms with Gasteiger partial charge in [-0.25, -0.2) is 19.6 Å². The molecular weight excluding hydrogens is 464 g/mol. The number of allylic oxidation sites excluding steroid dienone is 5. The van der Waals surface area contributed by atoms with E-state index < -0.39 is 11.9 Å². The van der Waals surface area contributed by atoms with Gasteiger partial charge in [-0.3, -0.25) is 0 Å². The van der Waals surface area contributed by atoms with Gasteiger partial charge in [0.1, 0.15) is 5.56 Å². The van der Waals surface area contributed by atoms with E-state index in [9.17, 15) is 9.59 Å². The Morgan fingerprint density at radius 1 is 0.973 bits per heavy atom. The highest BCUT2D eigenvalue weighted by Gasteiger charge is 2.33. The number of ether oxygens (including phenoxy) is 1. The lowest BCUT2D eigenvalue weighted by molar-refractivity contribution is 0.0389. The van der Waals surface area contributed by atoms with Gasteiger partial charge in [0.05, 0.1) is 33.9 Å². The molecule has 8 bridgehead atoms. The van der Waals surface area contributed by atoms with Crippen LogP contribution < -0.4 is 0 Å². The molecule has 0 saturated carbocycles. The molecular formula is C30H28N4O3. The number of hydrogen-bond donors (Lipinski definition) is 2. The minimum atomic E-state index is -0.644. The number of rotatable bonds is 2. The third kappa shape index (κ3) is 3.34. The van der Waals surface area contributed by atoms with Gasteiger partial charge in [-0.1, -0.05) is 26.5 Å². The molecule has 4 aliphatic heterocycles. The van der Waals surface area contributed by atoms with Gasteiger partial charge in [0.2, 0.25) is 0 Å². The van der Waals surface area contributed by atoms with Gasteiger partial charge in [0.25, 0.3) is 0 Å². The third-order valence-electron chi connectivity index (χ3n) is 7.87. The first-order valence-corrected chi connectivity index (χ1v) is 12.6. The summed E-state index contributed by atoms with van der Waals surface area (Å²) in [6, 6.07) is 6.03. The summed E-state index contributed by atoms with van der Waals surface area (Å²) in [7, 11) is 0. The molecule has 0 radical (unpaired) electrons. The van der Waals surface area contributed by atoms with Crippen LogP contribution in [0.2, 0.25) is 0 Å². The molecule has 186 valence electrons. The first-order chi connectivity index (χ1) is 17.7. The Kier molecular flexibility index (Phi) is 5.09. The van der Waals surface area contributed by atoms with Crippen molar-refractivity contribution in [3.05, 3.63) is 81.7 Å². The number of nitrogens with zero attached hydrogens (tertiary/aromatic N) is 2. The maximum Gasteiger partial charge on any atom is 0.349 e. The number of H-pyrrole nitrogens is 2. The van der Waals surface area contributed by atoms with Crippen molar-refractivity contribution < 1.29 is 14.3 Å². The highest BCUT2D eigenvalue weighted by atomic mass is 16.6. The number of aryl methyl sites for hydroxylation is 1. The van der Waals surface area contributed by atoms with Gasteiger partial charge in [0.15, 0.2) is 0 Å². The average molecular weight is 493 g/mol. The second-order valence-corrected chi connectivity index (χ2v) is 10.0. The number of esters is 2. The Bertz CT molecular complexity index is 1710. The van der Waals surface area contributed by atoms with Crippen LogP contribution in [0.3, 0.4) is 0 Å². The molecule has 6 rings (SSSR count). The second-order valence-electron chi connectivity index (χ2n) is 10.0. The molecule has 6 heterocycles. The van der Waals surface area contributed by atoms with Gasteiger partial charge in [-0.05, 0) is 74.1 Å². The van der Waals surface area contributed by atoms with Crippen LogP contribution in [-0.4, -0.2) is 31.9 Å². The Morgan fingerprint density at radius 3 is 2.41 bits per heavy atom. The maximum absolute atomic E-state index is 13.0. The average Bonchev–Trinajstić information content (AvgIpc) is 3.54. The number of carbonyl (C=O) groups excluding carboxylic acids is 2. The van der Waals surface area contributed by atoms with Crippen LogP contribution in [0.4, 0.5) is 0 Å². The second kappa shape index (κ2) is 8.13. The predicted octanol–water partition coefficient (Wildman–Crippen LogP) is 6.46. The number of nitrogens with one attached hydrogen (secondary N) is 2. The quantitative estimate of drug-likeness (QED) is 0.370. The zero-order valence-electron chi connectivity index (χ0n) is 21.6. The molecule has 4 aliphatic rings. The van der Waals surface area contributed by atoms with E-state index >= 15 is 0 Å². The van der Waals surface area contributed by atoms with E-state index in [2.05, 4.69) is 37.3 Å². The lowest BCUT2D eigenvalue weighted by Gasteiger charge is -2.11. The van der Waals surface area contributed by atoms with Crippen molar-refractivity contribution in [1.29, 1.82) is 0 Å². The molecule has 0 spiro atoms. The highest BCUT2D eigenvalue weighted by Crippen LogP contribution is 2.38. The van der Waals surface area contributed by atoms with E-state index in [0.29, 0.717) is 23.1 Å². The van der Waals surface area contributed by atoms with E-state index in [0.717, 1.165) is 74.0 Å². The fourth-order valence-corrected chi connectivity index (χ4v) is 5.73. The molecule has 1 atom stereocenters. The summed E-state index contributed by atoms with van der Waals surface area (Å²) in [5.41, 5.74) is 12.0. The first kappa shape index (κ1) is 23.2. The van der Waals surface area contributed by atoms with Crippen molar-refractivity contribution in [2.45, 2.75) is 53.4 Å². The molecule has 2 aromatic rings. The summed E-state index contributed by atoms with van der Waals surface area (Å²) in [6.07, 6.45) is 3.25. The summed E-state index contributed by atoms with van der Waals surface area (Å²) in [5, 5.41) is 0. The summed E-state index contributed by atoms with van der Waals surface area (Å²) in [5.74, 6) is -1.15. The van der Waals surface area contributed by atoms with Crippen molar-refractivity contribution in [3.8, 4) is 0 Å². The van der Waals surface area contributed by atoms with Crippen molar-refractivity contribution >= 4 is 45.3 Å². The van der Waals surface area contributed by atoms with Gasteiger partial charge >= 0.3 is 11.9 Å². The van der Waals surface area contributed by atoms with Crippen molar-refractivity contribution in [1.82, 2.24) is 19.9 Å². The smallest absolute Gasteiger partial charge is 0.349 e. The Hall–Kier alpha value is -4.26. The summed E-state index contributed by atoms with van der Waals surface area (Å²) < 4.78 is 5.21. The third-order valence-corrected chi connectivity index (χ3v) is 7.87. The zero-order chi connectivity index (χ0) is 26.2. The van der Waals surface area contributed by atoms with Crippen molar-refractivity contribution in [2.75, 3.05) is 0 Å². The van der Waals surface area contributed by atoms with E-state index in [1.165, 1.54) is 0 Å². The largest absolute Gasteiger partial charge is 0.386 e. The number of carbonyl (C=O) groups is 2. The van der Waals surface area contributed by atoms with E-state index in [1.807, 2.05) is 38.1 Å². The number of cyclic esters (lactones) is 2. The maximum atomic E-state index is 13.0. The first-order valence-electron chi connectivity index (χ1n) is 12.6. The summed E-state index contributed by atoms with van der Waals surface area (Å²) in [6.45, 7) is 14.2. The highest BCUT2D eigenvalue weighted by molar-refractivity contribution is 6.18. The van der Waals surface area contributed by atoms with Gasteiger partial charge in [0, 0.05) is 28.4 Å².